The maximum Gasteiger partial charge on any atom is 0.332 e. The van der Waals surface area contributed by atoms with Gasteiger partial charge in [-0.05, 0) is 86.2 Å². The van der Waals surface area contributed by atoms with Gasteiger partial charge in [-0.1, -0.05) is 54.8 Å². The van der Waals surface area contributed by atoms with E-state index >= 15 is 0 Å². The average Bonchev–Trinajstić information content (AvgIpc) is 3.67. The zero-order valence-corrected chi connectivity index (χ0v) is 33.4. The Kier molecular flexibility index (Phi) is 11.5. The number of nitrogens with zero attached hydrogens (tertiary/aromatic N) is 6. The molecule has 0 bridgehead atoms. The van der Waals surface area contributed by atoms with E-state index in [1.165, 1.54) is 39.8 Å². The first-order valence-electron chi connectivity index (χ1n) is 19.3. The number of ether oxygens (including phenoxy) is 1. The highest BCUT2D eigenvalue weighted by Crippen LogP contribution is 2.46. The van der Waals surface area contributed by atoms with Crippen LogP contribution in [0.25, 0.3) is 33.4 Å². The second kappa shape index (κ2) is 16.3. The first kappa shape index (κ1) is 40.0. The van der Waals surface area contributed by atoms with Crippen molar-refractivity contribution in [2.24, 2.45) is 25.2 Å². The van der Waals surface area contributed by atoms with Crippen LogP contribution in [-0.4, -0.2) is 55.1 Å². The highest BCUT2D eigenvalue weighted by atomic mass is 35.5. The maximum atomic E-state index is 14.0. The molecular weight excluding hydrogens is 754 g/mol. The Morgan fingerprint density at radius 1 is 1.02 bits per heavy atom. The molecule has 57 heavy (non-hydrogen) atoms. The minimum atomic E-state index is -3.04. The van der Waals surface area contributed by atoms with Gasteiger partial charge in [-0.3, -0.25) is 23.6 Å². The van der Waals surface area contributed by atoms with Crippen molar-refractivity contribution in [1.82, 2.24) is 29.0 Å². The van der Waals surface area contributed by atoms with E-state index in [9.17, 15) is 23.2 Å². The number of pyridine rings is 1. The van der Waals surface area contributed by atoms with Crippen LogP contribution in [0.5, 0.6) is 5.88 Å². The van der Waals surface area contributed by atoms with Gasteiger partial charge < -0.3 is 15.8 Å². The van der Waals surface area contributed by atoms with Crippen LogP contribution in [0.1, 0.15) is 80.3 Å². The van der Waals surface area contributed by atoms with Crippen molar-refractivity contribution < 1.29 is 18.3 Å². The summed E-state index contributed by atoms with van der Waals surface area (Å²) >= 11 is 7.25. The second-order valence-electron chi connectivity index (χ2n) is 15.4. The SMILES string of the molecule is COc1nc(-c2cccc(-c3cccc(Nc4nc(C(F)F)nc5c4c(=O)n(C)c(=O)n5C)c3C)c2Cl)cc2c1CCN(CCC1(CCCC(N)=O)CCCC1)C2. The summed E-state index contributed by atoms with van der Waals surface area (Å²) in [7, 11) is 4.31. The number of carbonyl (C=O) groups is 1. The van der Waals surface area contributed by atoms with Gasteiger partial charge in [0.15, 0.2) is 11.5 Å². The molecule has 7 rings (SSSR count). The lowest BCUT2D eigenvalue weighted by molar-refractivity contribution is -0.118. The maximum absolute atomic E-state index is 14.0. The minimum Gasteiger partial charge on any atom is -0.481 e. The summed E-state index contributed by atoms with van der Waals surface area (Å²) in [6, 6.07) is 13.3. The van der Waals surface area contributed by atoms with Crippen LogP contribution in [0, 0.1) is 12.3 Å². The lowest BCUT2D eigenvalue weighted by Crippen LogP contribution is -2.38. The second-order valence-corrected chi connectivity index (χ2v) is 15.7. The van der Waals surface area contributed by atoms with Crippen LogP contribution in [0.2, 0.25) is 5.02 Å². The monoisotopic (exact) mass is 800 g/mol. The molecule has 3 N–H and O–H groups in total. The molecule has 0 saturated heterocycles. The molecule has 2 aliphatic rings. The highest BCUT2D eigenvalue weighted by Gasteiger charge is 2.34. The number of amides is 1. The molecule has 5 aromatic rings. The first-order valence-corrected chi connectivity index (χ1v) is 19.7. The van der Waals surface area contributed by atoms with Gasteiger partial charge in [0.1, 0.15) is 11.2 Å². The number of hydrogen-bond acceptors (Lipinski definition) is 9. The Hall–Kier alpha value is -5.21. The lowest BCUT2D eigenvalue weighted by Gasteiger charge is -2.35. The van der Waals surface area contributed by atoms with Crippen LogP contribution >= 0.6 is 11.6 Å². The van der Waals surface area contributed by atoms with Gasteiger partial charge in [-0.15, -0.1) is 0 Å². The van der Waals surface area contributed by atoms with Crippen LogP contribution in [0.3, 0.4) is 0 Å². The summed E-state index contributed by atoms with van der Waals surface area (Å²) in [5, 5.41) is 3.46. The quantitative estimate of drug-likeness (QED) is 0.124. The zero-order valence-electron chi connectivity index (χ0n) is 32.6. The van der Waals surface area contributed by atoms with E-state index in [0.717, 1.165) is 76.7 Å². The number of fused-ring (bicyclic) bond motifs is 2. The molecule has 4 heterocycles. The molecule has 0 unspecified atom stereocenters. The summed E-state index contributed by atoms with van der Waals surface area (Å²) in [4.78, 5) is 52.7. The number of alkyl halides is 2. The highest BCUT2D eigenvalue weighted by molar-refractivity contribution is 6.36. The molecule has 1 saturated carbocycles. The Morgan fingerprint density at radius 2 is 1.74 bits per heavy atom. The third kappa shape index (κ3) is 7.89. The van der Waals surface area contributed by atoms with E-state index in [4.69, 9.17) is 27.1 Å². The topological polar surface area (TPSA) is 150 Å². The fourth-order valence-corrected chi connectivity index (χ4v) is 8.99. The van der Waals surface area contributed by atoms with E-state index in [0.29, 0.717) is 39.8 Å². The van der Waals surface area contributed by atoms with Crippen molar-refractivity contribution >= 4 is 40.0 Å². The summed E-state index contributed by atoms with van der Waals surface area (Å²) < 4.78 is 35.7. The van der Waals surface area contributed by atoms with Gasteiger partial charge in [0.05, 0.1) is 17.8 Å². The molecule has 1 aliphatic carbocycles. The zero-order chi connectivity index (χ0) is 40.6. The number of carbonyl (C=O) groups excluding carboxylic acids is 1. The number of methoxy groups -OCH3 is 1. The molecule has 2 aromatic carbocycles. The number of aryl methyl sites for hydroxylation is 1. The van der Waals surface area contributed by atoms with E-state index in [2.05, 4.69) is 26.3 Å². The number of aromatic nitrogens is 5. The minimum absolute atomic E-state index is 0.0990. The Bertz CT molecular complexity index is 2480. The van der Waals surface area contributed by atoms with E-state index in [-0.39, 0.29) is 28.2 Å². The third-order valence-corrected chi connectivity index (χ3v) is 12.3. The van der Waals surface area contributed by atoms with Crippen molar-refractivity contribution in [3.05, 3.63) is 90.8 Å². The van der Waals surface area contributed by atoms with Crippen molar-refractivity contribution in [2.45, 2.75) is 77.7 Å². The van der Waals surface area contributed by atoms with Gasteiger partial charge >= 0.3 is 5.69 Å². The predicted molar refractivity (Wildman–Crippen MR) is 217 cm³/mol. The number of hydrogen-bond donors (Lipinski definition) is 2. The Labute approximate surface area is 334 Å². The van der Waals surface area contributed by atoms with Gasteiger partial charge in [0.25, 0.3) is 12.0 Å². The molecule has 1 aliphatic heterocycles. The third-order valence-electron chi connectivity index (χ3n) is 11.9. The van der Waals surface area contributed by atoms with Crippen LogP contribution in [-0.2, 0) is 31.9 Å². The number of nitrogens with one attached hydrogen (secondary N) is 1. The van der Waals surface area contributed by atoms with Gasteiger partial charge in [-0.2, -0.15) is 0 Å². The molecule has 1 fully saturated rings. The fraction of sp³-hybridized carbons (Fsp3) is 0.429. The first-order chi connectivity index (χ1) is 27.3. The molecule has 1 amide bonds. The van der Waals surface area contributed by atoms with Crippen molar-refractivity contribution in [3.63, 3.8) is 0 Å². The van der Waals surface area contributed by atoms with Crippen LogP contribution < -0.4 is 27.0 Å². The number of halogens is 3. The molecule has 3 aromatic heterocycles. The Morgan fingerprint density at radius 3 is 2.46 bits per heavy atom. The Balaban J connectivity index is 1.19. The number of benzene rings is 2. The fourth-order valence-electron chi connectivity index (χ4n) is 8.67. The van der Waals surface area contributed by atoms with Gasteiger partial charge in [0, 0.05) is 56.0 Å². The van der Waals surface area contributed by atoms with E-state index in [1.807, 2.05) is 31.2 Å². The normalized spacial score (nSPS) is 15.3. The van der Waals surface area contributed by atoms with Crippen molar-refractivity contribution in [3.8, 4) is 28.3 Å². The van der Waals surface area contributed by atoms with Crippen molar-refractivity contribution in [1.29, 1.82) is 0 Å². The van der Waals surface area contributed by atoms with Gasteiger partial charge in [0.2, 0.25) is 11.8 Å². The number of nitrogens with two attached hydrogens (primary N) is 1. The summed E-state index contributed by atoms with van der Waals surface area (Å²) in [6.07, 6.45) is 6.05. The van der Waals surface area contributed by atoms with Crippen molar-refractivity contribution in [2.75, 3.05) is 25.5 Å². The molecule has 15 heteroatoms. The molecule has 12 nitrogen and oxygen atoms in total. The molecule has 300 valence electrons. The molecular formula is C42H47ClF2N8O4. The van der Waals surface area contributed by atoms with Crippen LogP contribution in [0.4, 0.5) is 20.3 Å². The van der Waals surface area contributed by atoms with E-state index in [1.54, 1.807) is 19.2 Å². The molecule has 0 spiro atoms. The van der Waals surface area contributed by atoms with Crippen LogP contribution in [0.15, 0.2) is 52.1 Å². The van der Waals surface area contributed by atoms with E-state index < -0.39 is 23.5 Å². The molecule has 0 radical (unpaired) electrons. The summed E-state index contributed by atoms with van der Waals surface area (Å²) in [5.41, 5.74) is 10.4. The standard InChI is InChI=1S/C42H47ClF2N8O4/c1-24-26(10-8-13-30(24)47-36-33-38(50-37(49-36)35(44)45)51(2)41(56)52(3)40(33)55)28-11-7-12-29(34(28)43)31-22-25-23-53(20-15-27(25)39(48-31)57-4)21-19-42(16-5-6-17-42)18-9-14-32(46)54/h7-8,10-13,22,35H,5-6,9,14-21,23H2,1-4H3,(H2,46,54)(H,47,49,50). The molecule has 0 atom stereocenters. The summed E-state index contributed by atoms with van der Waals surface area (Å²) in [6.45, 7) is 4.48. The average molecular weight is 801 g/mol. The largest absolute Gasteiger partial charge is 0.481 e. The lowest BCUT2D eigenvalue weighted by atomic mass is 9.78. The number of anilines is 2. The number of rotatable bonds is 13. The van der Waals surface area contributed by atoms with Gasteiger partial charge in [-0.25, -0.2) is 28.5 Å². The number of primary amides is 1. The smallest absolute Gasteiger partial charge is 0.332 e. The predicted octanol–water partition coefficient (Wildman–Crippen LogP) is 7.37. The summed E-state index contributed by atoms with van der Waals surface area (Å²) in [5.74, 6) is -0.615.